The molecule has 0 saturated heterocycles. The van der Waals surface area contributed by atoms with Gasteiger partial charge in [0.15, 0.2) is 11.5 Å². The summed E-state index contributed by atoms with van der Waals surface area (Å²) in [6.07, 6.45) is 1.37. The topological polar surface area (TPSA) is 93.6 Å². The first kappa shape index (κ1) is 24.4. The number of nitrogens with zero attached hydrogens (tertiary/aromatic N) is 3. The summed E-state index contributed by atoms with van der Waals surface area (Å²) < 4.78 is 79.8. The van der Waals surface area contributed by atoms with Crippen molar-refractivity contribution in [1.29, 1.82) is 5.41 Å². The predicted molar refractivity (Wildman–Crippen MR) is 113 cm³/mol. The van der Waals surface area contributed by atoms with Crippen molar-refractivity contribution >= 4 is 27.2 Å². The molecule has 0 saturated carbocycles. The van der Waals surface area contributed by atoms with Gasteiger partial charge in [0.25, 0.3) is 5.88 Å². The van der Waals surface area contributed by atoms with Gasteiger partial charge >= 0.3 is 10.2 Å². The average Bonchev–Trinajstić information content (AvgIpc) is 3.01. The van der Waals surface area contributed by atoms with E-state index < -0.39 is 33.0 Å². The van der Waals surface area contributed by atoms with E-state index in [0.717, 1.165) is 15.1 Å². The van der Waals surface area contributed by atoms with Gasteiger partial charge in [-0.2, -0.15) is 4.52 Å². The summed E-state index contributed by atoms with van der Waals surface area (Å²) in [5.41, 5.74) is -0.798. The van der Waals surface area contributed by atoms with Gasteiger partial charge in [-0.15, -0.1) is 5.10 Å². The molecule has 0 spiro atoms. The van der Waals surface area contributed by atoms with Crippen LogP contribution in [0.15, 0.2) is 35.4 Å². The maximum absolute atomic E-state index is 13.3. The SMILES string of the molecule is CCOc1cc2cn(CC(=O)c3cc(NC)cc(S(F)(F)(F)(F)F)c3)c(=N)n2nc1OCC. The molecule has 0 bridgehead atoms. The molecule has 0 amide bonds. The molecule has 14 heteroatoms. The van der Waals surface area contributed by atoms with Crippen LogP contribution < -0.4 is 20.4 Å². The number of fused-ring (bicyclic) bond motifs is 1. The van der Waals surface area contributed by atoms with E-state index in [1.165, 1.54) is 19.3 Å². The third-order valence-corrected chi connectivity index (χ3v) is 5.67. The van der Waals surface area contributed by atoms with E-state index in [1.54, 1.807) is 13.8 Å². The van der Waals surface area contributed by atoms with Crippen LogP contribution in [0, 0.1) is 5.41 Å². The number of aromatic nitrogens is 3. The van der Waals surface area contributed by atoms with E-state index >= 15 is 0 Å². The number of Topliss-reactive ketones (excluding diaryl/α,β-unsaturated/α-hetero) is 1. The molecule has 0 unspecified atom stereocenters. The minimum absolute atomic E-state index is 0.122. The molecule has 3 aromatic rings. The molecule has 0 aliphatic rings. The molecule has 3 rings (SSSR count). The smallest absolute Gasteiger partial charge is 0.310 e. The summed E-state index contributed by atoms with van der Waals surface area (Å²) in [5, 5.41) is 14.8. The molecule has 0 radical (unpaired) electrons. The Hall–Kier alpha value is -3.29. The van der Waals surface area contributed by atoms with Crippen LogP contribution in [0.4, 0.5) is 25.1 Å². The van der Waals surface area contributed by atoms with Crippen molar-refractivity contribution in [3.8, 4) is 11.6 Å². The number of anilines is 1. The summed E-state index contributed by atoms with van der Waals surface area (Å²) in [7, 11) is -8.77. The lowest BCUT2D eigenvalue weighted by Crippen LogP contribution is -2.25. The summed E-state index contributed by atoms with van der Waals surface area (Å²) in [5.74, 6) is -0.471. The predicted octanol–water partition coefficient (Wildman–Crippen LogP) is 4.99. The number of hydrogen-bond donors (Lipinski definition) is 2. The Morgan fingerprint density at radius 3 is 2.33 bits per heavy atom. The number of carbonyl (C=O) groups is 1. The zero-order valence-electron chi connectivity index (χ0n) is 17.9. The molecule has 8 nitrogen and oxygen atoms in total. The second-order valence-corrected chi connectivity index (χ2v) is 9.39. The first-order valence-corrected chi connectivity index (χ1v) is 11.7. The number of halogens is 5. The Balaban J connectivity index is 2.04. The Morgan fingerprint density at radius 1 is 1.09 bits per heavy atom. The third kappa shape index (κ3) is 5.21. The lowest BCUT2D eigenvalue weighted by molar-refractivity contribution is 0.0970. The van der Waals surface area contributed by atoms with E-state index in [1.807, 2.05) is 0 Å². The molecule has 2 N–H and O–H groups in total. The van der Waals surface area contributed by atoms with Gasteiger partial charge in [0.1, 0.15) is 4.90 Å². The van der Waals surface area contributed by atoms with Gasteiger partial charge in [0.05, 0.1) is 25.3 Å². The molecule has 0 aliphatic heterocycles. The normalized spacial score (nSPS) is 13.9. The molecule has 2 heterocycles. The van der Waals surface area contributed by atoms with Crippen LogP contribution in [0.5, 0.6) is 11.6 Å². The maximum atomic E-state index is 13.3. The quantitative estimate of drug-likeness (QED) is 0.322. The fourth-order valence-corrected chi connectivity index (χ4v) is 3.75. The van der Waals surface area contributed by atoms with Crippen LogP contribution in [0.3, 0.4) is 0 Å². The van der Waals surface area contributed by atoms with E-state index in [-0.39, 0.29) is 35.9 Å². The van der Waals surface area contributed by atoms with E-state index in [2.05, 4.69) is 10.4 Å². The minimum Gasteiger partial charge on any atom is -0.488 e. The van der Waals surface area contributed by atoms with E-state index in [9.17, 15) is 24.2 Å². The molecule has 33 heavy (non-hydrogen) atoms. The first-order valence-electron chi connectivity index (χ1n) is 9.70. The summed E-state index contributed by atoms with van der Waals surface area (Å²) in [6.45, 7) is 3.51. The molecule has 0 atom stereocenters. The number of benzene rings is 1. The lowest BCUT2D eigenvalue weighted by atomic mass is 10.1. The van der Waals surface area contributed by atoms with Crippen LogP contribution in [-0.4, -0.2) is 40.2 Å². The highest BCUT2D eigenvalue weighted by molar-refractivity contribution is 8.45. The molecule has 2 aromatic heterocycles. The van der Waals surface area contributed by atoms with Gasteiger partial charge in [0.2, 0.25) is 5.62 Å². The molecular formula is C19H22F5N5O3S. The zero-order chi connectivity index (χ0) is 24.7. The summed E-state index contributed by atoms with van der Waals surface area (Å²) in [6, 6.07) is 2.95. The molecule has 1 aromatic carbocycles. The molecule has 0 aliphatic carbocycles. The van der Waals surface area contributed by atoms with Crippen molar-refractivity contribution in [2.45, 2.75) is 25.3 Å². The summed E-state index contributed by atoms with van der Waals surface area (Å²) in [4.78, 5) is 10.6. The fourth-order valence-electron chi connectivity index (χ4n) is 3.05. The average molecular weight is 495 g/mol. The van der Waals surface area contributed by atoms with Crippen LogP contribution in [0.2, 0.25) is 0 Å². The van der Waals surface area contributed by atoms with Crippen molar-refractivity contribution in [2.75, 3.05) is 25.6 Å². The van der Waals surface area contributed by atoms with Gasteiger partial charge in [-0.05, 0) is 32.0 Å². The van der Waals surface area contributed by atoms with Crippen molar-refractivity contribution in [3.63, 3.8) is 0 Å². The third-order valence-electron chi connectivity index (χ3n) is 4.54. The Bertz CT molecular complexity index is 1290. The van der Waals surface area contributed by atoms with Gasteiger partial charge in [-0.3, -0.25) is 10.2 Å². The monoisotopic (exact) mass is 495 g/mol. The van der Waals surface area contributed by atoms with Crippen LogP contribution >= 0.6 is 10.2 Å². The molecule has 182 valence electrons. The van der Waals surface area contributed by atoms with E-state index in [4.69, 9.17) is 14.9 Å². The van der Waals surface area contributed by atoms with Crippen molar-refractivity contribution in [1.82, 2.24) is 14.2 Å². The number of nitrogens with one attached hydrogen (secondary N) is 2. The van der Waals surface area contributed by atoms with Gasteiger partial charge < -0.3 is 19.4 Å². The second-order valence-electron chi connectivity index (χ2n) is 6.99. The van der Waals surface area contributed by atoms with Gasteiger partial charge in [0, 0.05) is 30.6 Å². The number of ketones is 1. The largest absolute Gasteiger partial charge is 0.488 e. The van der Waals surface area contributed by atoms with Crippen molar-refractivity contribution in [2.24, 2.45) is 0 Å². The lowest BCUT2D eigenvalue weighted by Gasteiger charge is -2.40. The fraction of sp³-hybridized carbons (Fsp3) is 0.316. The zero-order valence-corrected chi connectivity index (χ0v) is 18.7. The van der Waals surface area contributed by atoms with Gasteiger partial charge in [-0.25, -0.2) is 0 Å². The molecule has 0 fully saturated rings. The van der Waals surface area contributed by atoms with Crippen molar-refractivity contribution in [3.05, 3.63) is 41.6 Å². The highest BCUT2D eigenvalue weighted by Gasteiger charge is 2.65. The Labute approximate surface area is 185 Å². The first-order chi connectivity index (χ1) is 15.2. The maximum Gasteiger partial charge on any atom is 0.310 e. The molecular weight excluding hydrogens is 473 g/mol. The Morgan fingerprint density at radius 2 is 1.76 bits per heavy atom. The van der Waals surface area contributed by atoms with Gasteiger partial charge in [-0.1, -0.05) is 19.4 Å². The highest BCUT2D eigenvalue weighted by Crippen LogP contribution is 3.02. The van der Waals surface area contributed by atoms with Crippen molar-refractivity contribution < 1.29 is 33.7 Å². The number of imidazole rings is 1. The number of ether oxygens (including phenoxy) is 2. The highest BCUT2D eigenvalue weighted by atomic mass is 32.5. The Kier molecular flexibility index (Phi) is 5.64. The number of carbonyl (C=O) groups excluding carboxylic acids is 1. The summed E-state index contributed by atoms with van der Waals surface area (Å²) >= 11 is 0. The van der Waals surface area contributed by atoms with Crippen LogP contribution in [0.1, 0.15) is 24.2 Å². The number of hydrogen-bond acceptors (Lipinski definition) is 6. The van der Waals surface area contributed by atoms with Crippen LogP contribution in [-0.2, 0) is 6.54 Å². The van der Waals surface area contributed by atoms with Crippen LogP contribution in [0.25, 0.3) is 5.52 Å². The minimum atomic E-state index is -10.0. The number of rotatable bonds is 9. The van der Waals surface area contributed by atoms with E-state index in [0.29, 0.717) is 17.9 Å². The standard InChI is InChI=1S/C19H22F5N5O3S/c1-4-31-17-9-14-10-28(19(25)29(14)27-18(17)32-5-2)11-16(30)12-6-13(26-3)8-15(7-12)33(20,21,22,23)24/h6-10,25-26H,4-5,11H2,1-3H3. The second kappa shape index (κ2) is 7.64.